The van der Waals surface area contributed by atoms with Crippen LogP contribution in [0, 0.1) is 11.8 Å². The number of aromatic hydroxyl groups is 1. The van der Waals surface area contributed by atoms with Crippen LogP contribution in [0.15, 0.2) is 24.3 Å². The molecular formula is C17H20O7. The molecule has 0 spiro atoms. The van der Waals surface area contributed by atoms with E-state index in [-0.39, 0.29) is 12.2 Å². The molecule has 24 heavy (non-hydrogen) atoms. The van der Waals surface area contributed by atoms with Crippen LogP contribution in [0.4, 0.5) is 0 Å². The van der Waals surface area contributed by atoms with Crippen LogP contribution in [0.1, 0.15) is 24.8 Å². The highest BCUT2D eigenvalue weighted by Gasteiger charge is 2.56. The first kappa shape index (κ1) is 17.9. The van der Waals surface area contributed by atoms with Gasteiger partial charge in [-0.2, -0.15) is 0 Å². The molecule has 4 atom stereocenters. The number of aliphatic hydroxyl groups is 1. The molecule has 130 valence electrons. The lowest BCUT2D eigenvalue weighted by Crippen LogP contribution is -2.55. The van der Waals surface area contributed by atoms with Crippen molar-refractivity contribution in [1.29, 1.82) is 0 Å². The molecule has 1 aromatic rings. The second-order valence-corrected chi connectivity index (χ2v) is 6.12. The number of carbonyl (C=O) groups is 3. The maximum atomic E-state index is 12.5. The predicted molar refractivity (Wildman–Crippen MR) is 82.1 cm³/mol. The van der Waals surface area contributed by atoms with Crippen LogP contribution in [0.3, 0.4) is 0 Å². The average molecular weight is 336 g/mol. The molecule has 7 heteroatoms. The lowest BCUT2D eigenvalue weighted by atomic mass is 9.62. The Kier molecular flexibility index (Phi) is 4.94. The van der Waals surface area contributed by atoms with Crippen molar-refractivity contribution in [1.82, 2.24) is 0 Å². The van der Waals surface area contributed by atoms with E-state index in [2.05, 4.69) is 0 Å². The second-order valence-electron chi connectivity index (χ2n) is 6.12. The average Bonchev–Trinajstić information content (AvgIpc) is 2.53. The normalized spacial score (nSPS) is 29.8. The fraction of sp³-hybridized carbons (Fsp3) is 0.471. The standard InChI is InChI=1S/C17H20O7/c1-17(22)8-11(19)13(15(20)23-2)12(14(17)16(21)24-3)9-4-6-10(18)7-5-9/h4-7,12-14,18,22H,8H2,1-3H3/t12-,13+,14-,17-/m0/s1. The molecule has 0 unspecified atom stereocenters. The third-order valence-corrected chi connectivity index (χ3v) is 4.46. The summed E-state index contributed by atoms with van der Waals surface area (Å²) in [4.78, 5) is 36.9. The van der Waals surface area contributed by atoms with Gasteiger partial charge in [0.25, 0.3) is 0 Å². The first-order valence-electron chi connectivity index (χ1n) is 7.42. The number of ketones is 1. The summed E-state index contributed by atoms with van der Waals surface area (Å²) in [6.45, 7) is 1.37. The van der Waals surface area contributed by atoms with Crippen molar-refractivity contribution in [2.45, 2.75) is 24.9 Å². The Hall–Kier alpha value is -2.41. The molecule has 0 radical (unpaired) electrons. The highest BCUT2D eigenvalue weighted by atomic mass is 16.5. The summed E-state index contributed by atoms with van der Waals surface area (Å²) in [6.07, 6.45) is -0.360. The molecule has 0 bridgehead atoms. The Morgan fingerprint density at radius 2 is 1.67 bits per heavy atom. The molecule has 7 nitrogen and oxygen atoms in total. The molecule has 0 aromatic heterocycles. The van der Waals surface area contributed by atoms with Gasteiger partial charge in [0.15, 0.2) is 5.78 Å². The van der Waals surface area contributed by atoms with Gasteiger partial charge in [-0.05, 0) is 24.6 Å². The SMILES string of the molecule is COC(=O)[C@@H]1C(=O)C[C@](C)(O)[C@H](C(=O)OC)[C@H]1c1ccc(O)cc1. The Labute approximate surface area is 139 Å². The topological polar surface area (TPSA) is 110 Å². The monoisotopic (exact) mass is 336 g/mol. The third-order valence-electron chi connectivity index (χ3n) is 4.46. The van der Waals surface area contributed by atoms with Crippen LogP contribution in [-0.2, 0) is 23.9 Å². The van der Waals surface area contributed by atoms with Crippen LogP contribution in [0.5, 0.6) is 5.75 Å². The first-order valence-corrected chi connectivity index (χ1v) is 7.42. The number of hydrogen-bond acceptors (Lipinski definition) is 7. The second kappa shape index (κ2) is 6.60. The summed E-state index contributed by atoms with van der Waals surface area (Å²) in [5.74, 6) is -5.33. The fourth-order valence-corrected chi connectivity index (χ4v) is 3.37. The third kappa shape index (κ3) is 3.12. The smallest absolute Gasteiger partial charge is 0.316 e. The maximum absolute atomic E-state index is 12.5. The van der Waals surface area contributed by atoms with Gasteiger partial charge >= 0.3 is 11.9 Å². The predicted octanol–water partition coefficient (Wildman–Crippen LogP) is 0.778. The zero-order valence-corrected chi connectivity index (χ0v) is 13.7. The van der Waals surface area contributed by atoms with Crippen LogP contribution in [0.25, 0.3) is 0 Å². The Morgan fingerprint density at radius 3 is 2.17 bits per heavy atom. The van der Waals surface area contributed by atoms with Gasteiger partial charge in [-0.3, -0.25) is 14.4 Å². The summed E-state index contributed by atoms with van der Waals surface area (Å²) in [7, 11) is 2.33. The van der Waals surface area contributed by atoms with Crippen molar-refractivity contribution in [3.8, 4) is 5.75 Å². The number of phenols is 1. The van der Waals surface area contributed by atoms with E-state index in [0.29, 0.717) is 5.56 Å². The molecule has 1 saturated carbocycles. The number of carbonyl (C=O) groups excluding carboxylic acids is 3. The Bertz CT molecular complexity index is 647. The molecule has 1 fully saturated rings. The molecule has 0 heterocycles. The van der Waals surface area contributed by atoms with Gasteiger partial charge in [0, 0.05) is 12.3 Å². The fourth-order valence-electron chi connectivity index (χ4n) is 3.37. The number of Topliss-reactive ketones (excluding diaryl/α,β-unsaturated/α-hetero) is 1. The van der Waals surface area contributed by atoms with Crippen molar-refractivity contribution in [2.75, 3.05) is 14.2 Å². The molecule has 2 rings (SSSR count). The van der Waals surface area contributed by atoms with Crippen LogP contribution in [0.2, 0.25) is 0 Å². The number of ether oxygens (including phenoxy) is 2. The van der Waals surface area contributed by atoms with Crippen molar-refractivity contribution in [2.24, 2.45) is 11.8 Å². The summed E-state index contributed by atoms with van der Waals surface area (Å²) < 4.78 is 9.51. The zero-order chi connectivity index (χ0) is 18.1. The first-order chi connectivity index (χ1) is 11.2. The van der Waals surface area contributed by atoms with E-state index in [1.165, 1.54) is 38.3 Å². The highest BCUT2D eigenvalue weighted by molar-refractivity contribution is 6.02. The summed E-state index contributed by atoms with van der Waals surface area (Å²) in [6, 6.07) is 5.76. The van der Waals surface area contributed by atoms with Crippen molar-refractivity contribution >= 4 is 17.7 Å². The van der Waals surface area contributed by atoms with Crippen LogP contribution >= 0.6 is 0 Å². The molecule has 0 amide bonds. The van der Waals surface area contributed by atoms with E-state index in [1.807, 2.05) is 0 Å². The van der Waals surface area contributed by atoms with E-state index in [0.717, 1.165) is 7.11 Å². The van der Waals surface area contributed by atoms with E-state index >= 15 is 0 Å². The lowest BCUT2D eigenvalue weighted by Gasteiger charge is -2.43. The molecule has 1 aromatic carbocycles. The van der Waals surface area contributed by atoms with Gasteiger partial charge in [0.05, 0.1) is 25.7 Å². The molecule has 2 N–H and O–H groups in total. The molecule has 0 saturated heterocycles. The van der Waals surface area contributed by atoms with Crippen LogP contribution < -0.4 is 0 Å². The van der Waals surface area contributed by atoms with Gasteiger partial charge in [0.2, 0.25) is 0 Å². The minimum Gasteiger partial charge on any atom is -0.508 e. The largest absolute Gasteiger partial charge is 0.508 e. The number of methoxy groups -OCH3 is 2. The van der Waals surface area contributed by atoms with E-state index in [1.54, 1.807) is 0 Å². The van der Waals surface area contributed by atoms with Gasteiger partial charge in [-0.1, -0.05) is 12.1 Å². The van der Waals surface area contributed by atoms with Crippen molar-refractivity contribution in [3.05, 3.63) is 29.8 Å². The highest BCUT2D eigenvalue weighted by Crippen LogP contribution is 2.46. The molecule has 1 aliphatic rings. The van der Waals surface area contributed by atoms with E-state index < -0.39 is 41.1 Å². The molecule has 0 aliphatic heterocycles. The summed E-state index contributed by atoms with van der Waals surface area (Å²) >= 11 is 0. The van der Waals surface area contributed by atoms with Gasteiger partial charge < -0.3 is 19.7 Å². The zero-order valence-electron chi connectivity index (χ0n) is 13.7. The Morgan fingerprint density at radius 1 is 1.12 bits per heavy atom. The van der Waals surface area contributed by atoms with E-state index in [9.17, 15) is 24.6 Å². The minimum absolute atomic E-state index is 0.00289. The lowest BCUT2D eigenvalue weighted by molar-refractivity contribution is -0.170. The summed E-state index contributed by atoms with van der Waals surface area (Å²) in [5.41, 5.74) is -1.22. The summed E-state index contributed by atoms with van der Waals surface area (Å²) in [5, 5.41) is 20.1. The molecule has 1 aliphatic carbocycles. The maximum Gasteiger partial charge on any atom is 0.316 e. The van der Waals surface area contributed by atoms with Crippen molar-refractivity contribution < 1.29 is 34.1 Å². The number of benzene rings is 1. The van der Waals surface area contributed by atoms with Gasteiger partial charge in [0.1, 0.15) is 11.7 Å². The quantitative estimate of drug-likeness (QED) is 0.620. The van der Waals surface area contributed by atoms with Crippen molar-refractivity contribution in [3.63, 3.8) is 0 Å². The number of rotatable bonds is 3. The van der Waals surface area contributed by atoms with Gasteiger partial charge in [-0.25, -0.2) is 0 Å². The van der Waals surface area contributed by atoms with Crippen LogP contribution in [-0.4, -0.2) is 47.8 Å². The number of phenolic OH excluding ortho intramolecular Hbond substituents is 1. The molecular weight excluding hydrogens is 316 g/mol. The number of hydrogen-bond donors (Lipinski definition) is 2. The van der Waals surface area contributed by atoms with Gasteiger partial charge in [-0.15, -0.1) is 0 Å². The van der Waals surface area contributed by atoms with E-state index in [4.69, 9.17) is 9.47 Å². The minimum atomic E-state index is -1.67. The Balaban J connectivity index is 2.63. The number of esters is 2.